The molecule has 1 aliphatic carbocycles. The average molecular weight is 298 g/mol. The Hall–Kier alpha value is -2.21. The Morgan fingerprint density at radius 3 is 3.00 bits per heavy atom. The molecule has 1 aliphatic rings. The van der Waals surface area contributed by atoms with Gasteiger partial charge < -0.3 is 5.32 Å². The highest BCUT2D eigenvalue weighted by Crippen LogP contribution is 2.43. The molecule has 2 heterocycles. The predicted molar refractivity (Wildman–Crippen MR) is 82.8 cm³/mol. The Bertz CT molecular complexity index is 831. The number of fused-ring (bicyclic) bond motifs is 1. The first-order chi connectivity index (χ1) is 10.2. The molecule has 2 aromatic heterocycles. The van der Waals surface area contributed by atoms with E-state index in [9.17, 15) is 4.79 Å². The molecule has 0 unspecified atom stereocenters. The first-order valence-corrected chi connectivity index (χ1v) is 7.71. The molecule has 6 heteroatoms. The molecule has 0 spiro atoms. The van der Waals surface area contributed by atoms with Gasteiger partial charge in [0.05, 0.1) is 27.0 Å². The predicted octanol–water partition coefficient (Wildman–Crippen LogP) is 3.16. The van der Waals surface area contributed by atoms with Gasteiger partial charge in [-0.3, -0.25) is 9.48 Å². The van der Waals surface area contributed by atoms with Gasteiger partial charge in [-0.1, -0.05) is 0 Å². The molecule has 1 saturated carbocycles. The molecule has 0 aliphatic heterocycles. The van der Waals surface area contributed by atoms with E-state index in [1.54, 1.807) is 35.5 Å². The van der Waals surface area contributed by atoms with Crippen molar-refractivity contribution >= 4 is 33.1 Å². The molecule has 0 bridgehead atoms. The molecule has 1 N–H and O–H groups in total. The van der Waals surface area contributed by atoms with E-state index >= 15 is 0 Å². The second-order valence-corrected chi connectivity index (χ2v) is 6.43. The lowest BCUT2D eigenvalue weighted by atomic mass is 10.2. The van der Waals surface area contributed by atoms with Gasteiger partial charge in [0.25, 0.3) is 5.91 Å². The van der Waals surface area contributed by atoms with Crippen LogP contribution in [0, 0.1) is 0 Å². The summed E-state index contributed by atoms with van der Waals surface area (Å²) in [4.78, 5) is 16.8. The minimum absolute atomic E-state index is 0.144. The Balaban J connectivity index is 1.59. The SMILES string of the molecule is Cn1cc(C(=O)Nc2ccc3nc(C4CC4)sc3c2)cn1. The van der Waals surface area contributed by atoms with Crippen LogP contribution in [-0.2, 0) is 7.05 Å². The Labute approximate surface area is 125 Å². The molecular weight excluding hydrogens is 284 g/mol. The summed E-state index contributed by atoms with van der Waals surface area (Å²) in [6.45, 7) is 0. The lowest BCUT2D eigenvalue weighted by Crippen LogP contribution is -2.10. The molecule has 21 heavy (non-hydrogen) atoms. The maximum absolute atomic E-state index is 12.1. The molecule has 1 amide bonds. The van der Waals surface area contributed by atoms with Crippen molar-refractivity contribution in [2.45, 2.75) is 18.8 Å². The highest BCUT2D eigenvalue weighted by Gasteiger charge is 2.27. The molecule has 3 aromatic rings. The summed E-state index contributed by atoms with van der Waals surface area (Å²) >= 11 is 1.73. The van der Waals surface area contributed by atoms with Gasteiger partial charge in [0.15, 0.2) is 0 Å². The number of aryl methyl sites for hydroxylation is 1. The summed E-state index contributed by atoms with van der Waals surface area (Å²) in [6.07, 6.45) is 5.77. The molecule has 106 valence electrons. The van der Waals surface area contributed by atoms with Crippen LogP contribution in [0.5, 0.6) is 0 Å². The monoisotopic (exact) mass is 298 g/mol. The van der Waals surface area contributed by atoms with E-state index in [1.165, 1.54) is 17.8 Å². The van der Waals surface area contributed by atoms with Gasteiger partial charge in [-0.25, -0.2) is 4.98 Å². The fourth-order valence-electron chi connectivity index (χ4n) is 2.27. The normalized spacial score (nSPS) is 14.5. The molecular formula is C15H14N4OS. The molecule has 1 fully saturated rings. The van der Waals surface area contributed by atoms with Crippen LogP contribution >= 0.6 is 11.3 Å². The number of benzene rings is 1. The first-order valence-electron chi connectivity index (χ1n) is 6.89. The van der Waals surface area contributed by atoms with Gasteiger partial charge >= 0.3 is 0 Å². The van der Waals surface area contributed by atoms with E-state index in [-0.39, 0.29) is 5.91 Å². The highest BCUT2D eigenvalue weighted by atomic mass is 32.1. The lowest BCUT2D eigenvalue weighted by Gasteiger charge is -2.02. The number of thiazole rings is 1. The van der Waals surface area contributed by atoms with Crippen LogP contribution in [0.3, 0.4) is 0 Å². The van der Waals surface area contributed by atoms with Crippen LogP contribution in [0.25, 0.3) is 10.2 Å². The van der Waals surface area contributed by atoms with Gasteiger partial charge in [-0.2, -0.15) is 5.10 Å². The van der Waals surface area contributed by atoms with Crippen molar-refractivity contribution in [3.8, 4) is 0 Å². The highest BCUT2D eigenvalue weighted by molar-refractivity contribution is 7.18. The third-order valence-electron chi connectivity index (χ3n) is 3.56. The minimum Gasteiger partial charge on any atom is -0.322 e. The summed E-state index contributed by atoms with van der Waals surface area (Å²) < 4.78 is 2.74. The summed E-state index contributed by atoms with van der Waals surface area (Å²) in [6, 6.07) is 5.86. The quantitative estimate of drug-likeness (QED) is 0.808. The molecule has 5 nitrogen and oxygen atoms in total. The van der Waals surface area contributed by atoms with Crippen LogP contribution in [0.1, 0.15) is 34.1 Å². The summed E-state index contributed by atoms with van der Waals surface area (Å²) in [5.41, 5.74) is 2.36. The van der Waals surface area contributed by atoms with Crippen LogP contribution in [0.2, 0.25) is 0 Å². The van der Waals surface area contributed by atoms with Crippen molar-refractivity contribution < 1.29 is 4.79 Å². The molecule has 1 aromatic carbocycles. The summed E-state index contributed by atoms with van der Waals surface area (Å²) in [5.74, 6) is 0.519. The van der Waals surface area contributed by atoms with Crippen LogP contribution in [-0.4, -0.2) is 20.7 Å². The van der Waals surface area contributed by atoms with Crippen molar-refractivity contribution in [1.82, 2.24) is 14.8 Å². The maximum Gasteiger partial charge on any atom is 0.258 e. The smallest absolute Gasteiger partial charge is 0.258 e. The number of aromatic nitrogens is 3. The Morgan fingerprint density at radius 1 is 1.43 bits per heavy atom. The van der Waals surface area contributed by atoms with E-state index in [1.807, 2.05) is 18.2 Å². The largest absolute Gasteiger partial charge is 0.322 e. The molecule has 0 atom stereocenters. The Kier molecular flexibility index (Phi) is 2.78. The van der Waals surface area contributed by atoms with Gasteiger partial charge in [0.2, 0.25) is 0 Å². The van der Waals surface area contributed by atoms with Crippen molar-refractivity contribution in [3.63, 3.8) is 0 Å². The maximum atomic E-state index is 12.1. The summed E-state index contributed by atoms with van der Waals surface area (Å²) in [7, 11) is 1.79. The zero-order valence-corrected chi connectivity index (χ0v) is 12.4. The van der Waals surface area contributed by atoms with E-state index < -0.39 is 0 Å². The van der Waals surface area contributed by atoms with E-state index in [0.717, 1.165) is 15.9 Å². The number of hydrogen-bond donors (Lipinski definition) is 1. The zero-order chi connectivity index (χ0) is 14.4. The van der Waals surface area contributed by atoms with Crippen LogP contribution in [0.4, 0.5) is 5.69 Å². The lowest BCUT2D eigenvalue weighted by molar-refractivity contribution is 0.102. The average Bonchev–Trinajstić information content (AvgIpc) is 3.09. The third-order valence-corrected chi connectivity index (χ3v) is 4.74. The Morgan fingerprint density at radius 2 is 2.29 bits per heavy atom. The fourth-order valence-corrected chi connectivity index (χ4v) is 3.44. The first kappa shape index (κ1) is 12.5. The number of hydrogen-bond acceptors (Lipinski definition) is 4. The molecule has 4 rings (SSSR count). The fraction of sp³-hybridized carbons (Fsp3) is 0.267. The number of nitrogens with zero attached hydrogens (tertiary/aromatic N) is 3. The molecule has 0 saturated heterocycles. The van der Waals surface area contributed by atoms with Gasteiger partial charge in [-0.05, 0) is 31.0 Å². The van der Waals surface area contributed by atoms with Crippen molar-refractivity contribution in [3.05, 3.63) is 41.2 Å². The van der Waals surface area contributed by atoms with E-state index in [0.29, 0.717) is 11.5 Å². The minimum atomic E-state index is -0.144. The number of carbonyl (C=O) groups excluding carboxylic acids is 1. The van der Waals surface area contributed by atoms with Crippen LogP contribution in [0.15, 0.2) is 30.6 Å². The van der Waals surface area contributed by atoms with E-state index in [2.05, 4.69) is 15.4 Å². The van der Waals surface area contributed by atoms with Gasteiger partial charge in [-0.15, -0.1) is 11.3 Å². The molecule has 0 radical (unpaired) electrons. The van der Waals surface area contributed by atoms with Crippen molar-refractivity contribution in [2.75, 3.05) is 5.32 Å². The summed E-state index contributed by atoms with van der Waals surface area (Å²) in [5, 5.41) is 8.13. The van der Waals surface area contributed by atoms with Gasteiger partial charge in [0.1, 0.15) is 0 Å². The number of anilines is 1. The third kappa shape index (κ3) is 2.42. The standard InChI is InChI=1S/C15H14N4OS/c1-19-8-10(7-16-19)14(20)17-11-4-5-12-13(6-11)21-15(18-12)9-2-3-9/h4-9H,2-3H2,1H3,(H,17,20). The number of nitrogens with one attached hydrogen (secondary N) is 1. The second-order valence-electron chi connectivity index (χ2n) is 5.37. The number of rotatable bonds is 3. The second kappa shape index (κ2) is 4.66. The topological polar surface area (TPSA) is 59.8 Å². The van der Waals surface area contributed by atoms with Crippen molar-refractivity contribution in [1.29, 1.82) is 0 Å². The van der Waals surface area contributed by atoms with Crippen molar-refractivity contribution in [2.24, 2.45) is 7.05 Å². The zero-order valence-electron chi connectivity index (χ0n) is 11.5. The van der Waals surface area contributed by atoms with Crippen LogP contribution < -0.4 is 5.32 Å². The number of amides is 1. The van der Waals surface area contributed by atoms with E-state index in [4.69, 9.17) is 0 Å². The number of carbonyl (C=O) groups is 1. The van der Waals surface area contributed by atoms with Gasteiger partial charge in [0, 0.05) is 24.8 Å².